The van der Waals surface area contributed by atoms with E-state index in [9.17, 15) is 4.79 Å². The summed E-state index contributed by atoms with van der Waals surface area (Å²) in [5.74, 6) is 0.265. The van der Waals surface area contributed by atoms with Gasteiger partial charge in [0.2, 0.25) is 5.91 Å². The normalized spacial score (nSPS) is 24.3. The molecule has 0 aliphatic carbocycles. The van der Waals surface area contributed by atoms with Gasteiger partial charge in [-0.25, -0.2) is 4.98 Å². The molecule has 0 N–H and O–H groups in total. The highest BCUT2D eigenvalue weighted by molar-refractivity contribution is 7.11. The van der Waals surface area contributed by atoms with Gasteiger partial charge < -0.3 is 4.90 Å². The van der Waals surface area contributed by atoms with E-state index in [0.717, 1.165) is 28.4 Å². The molecule has 0 radical (unpaired) electrons. The number of amides is 1. The van der Waals surface area contributed by atoms with Crippen molar-refractivity contribution in [3.05, 3.63) is 15.6 Å². The maximum Gasteiger partial charge on any atom is 0.228 e. The Labute approximate surface area is 113 Å². The minimum Gasteiger partial charge on any atom is -0.337 e. The lowest BCUT2D eigenvalue weighted by atomic mass is 9.97. The summed E-state index contributed by atoms with van der Waals surface area (Å²) in [6, 6.07) is 0.770. The average molecular weight is 266 g/mol. The molecule has 0 spiro atoms. The Morgan fingerprint density at radius 2 is 1.94 bits per heavy atom. The molecule has 4 heteroatoms. The number of aromatic nitrogens is 1. The van der Waals surface area contributed by atoms with Crippen molar-refractivity contribution < 1.29 is 4.79 Å². The Morgan fingerprint density at radius 3 is 2.44 bits per heavy atom. The molecule has 1 aromatic heterocycles. The average Bonchev–Trinajstić information content (AvgIpc) is 2.57. The zero-order valence-corrected chi connectivity index (χ0v) is 12.5. The number of thiazole rings is 1. The summed E-state index contributed by atoms with van der Waals surface area (Å²) in [5, 5.41) is 1.05. The third kappa shape index (κ3) is 2.74. The number of hydrogen-bond acceptors (Lipinski definition) is 3. The highest BCUT2D eigenvalue weighted by Crippen LogP contribution is 2.25. The SMILES string of the molecule is Cc1nc(C)c(CC(=O)N2C(C)CCCC2C)s1. The van der Waals surface area contributed by atoms with Crippen LogP contribution in [0.3, 0.4) is 0 Å². The van der Waals surface area contributed by atoms with Crippen LogP contribution in [0.15, 0.2) is 0 Å². The van der Waals surface area contributed by atoms with Crippen LogP contribution < -0.4 is 0 Å². The fraction of sp³-hybridized carbons (Fsp3) is 0.714. The Morgan fingerprint density at radius 1 is 1.33 bits per heavy atom. The van der Waals surface area contributed by atoms with Crippen LogP contribution in [0.1, 0.15) is 48.7 Å². The molecule has 1 aliphatic rings. The first-order valence-corrected chi connectivity index (χ1v) is 7.54. The smallest absolute Gasteiger partial charge is 0.228 e. The first kappa shape index (κ1) is 13.5. The van der Waals surface area contributed by atoms with Crippen molar-refractivity contribution in [3.8, 4) is 0 Å². The van der Waals surface area contributed by atoms with Crippen LogP contribution in [0.4, 0.5) is 0 Å². The Bertz CT molecular complexity index is 431. The molecule has 0 saturated carbocycles. The molecule has 2 unspecified atom stereocenters. The van der Waals surface area contributed by atoms with Crippen LogP contribution in [0.25, 0.3) is 0 Å². The van der Waals surface area contributed by atoms with Crippen LogP contribution >= 0.6 is 11.3 Å². The number of nitrogens with zero attached hydrogens (tertiary/aromatic N) is 2. The van der Waals surface area contributed by atoms with Crippen LogP contribution in [0, 0.1) is 13.8 Å². The quantitative estimate of drug-likeness (QED) is 0.824. The lowest BCUT2D eigenvalue weighted by Crippen LogP contribution is -2.48. The lowest BCUT2D eigenvalue weighted by Gasteiger charge is -2.39. The van der Waals surface area contributed by atoms with Gasteiger partial charge in [0.05, 0.1) is 17.1 Å². The molecule has 3 nitrogen and oxygen atoms in total. The van der Waals surface area contributed by atoms with Gasteiger partial charge in [0.1, 0.15) is 0 Å². The molecular weight excluding hydrogens is 244 g/mol. The van der Waals surface area contributed by atoms with Gasteiger partial charge in [0, 0.05) is 17.0 Å². The van der Waals surface area contributed by atoms with E-state index in [2.05, 4.69) is 23.7 Å². The van der Waals surface area contributed by atoms with Crippen molar-refractivity contribution in [2.75, 3.05) is 0 Å². The largest absolute Gasteiger partial charge is 0.337 e. The highest BCUT2D eigenvalue weighted by Gasteiger charge is 2.29. The van der Waals surface area contributed by atoms with Gasteiger partial charge in [-0.15, -0.1) is 11.3 Å². The number of carbonyl (C=O) groups is 1. The second-order valence-corrected chi connectivity index (χ2v) is 6.64. The van der Waals surface area contributed by atoms with Gasteiger partial charge in [0.25, 0.3) is 0 Å². The predicted octanol–water partition coefficient (Wildman–Crippen LogP) is 3.09. The zero-order valence-electron chi connectivity index (χ0n) is 11.7. The van der Waals surface area contributed by atoms with E-state index in [1.165, 1.54) is 6.42 Å². The van der Waals surface area contributed by atoms with Gasteiger partial charge in [-0.05, 0) is 47.0 Å². The van der Waals surface area contributed by atoms with Gasteiger partial charge in [-0.2, -0.15) is 0 Å². The maximum atomic E-state index is 12.5. The zero-order chi connectivity index (χ0) is 13.3. The number of likely N-dealkylation sites (tertiary alicyclic amines) is 1. The standard InChI is InChI=1S/C14H22N2OS/c1-9-6-5-7-10(2)16(9)14(17)8-13-11(3)15-12(4)18-13/h9-10H,5-8H2,1-4H3. The summed E-state index contributed by atoms with van der Waals surface area (Å²) in [5.41, 5.74) is 1.02. The van der Waals surface area contributed by atoms with Gasteiger partial charge in [0.15, 0.2) is 0 Å². The predicted molar refractivity (Wildman–Crippen MR) is 74.9 cm³/mol. The molecule has 1 amide bonds. The maximum absolute atomic E-state index is 12.5. The molecule has 2 heterocycles. The second-order valence-electron chi connectivity index (χ2n) is 5.35. The third-order valence-electron chi connectivity index (χ3n) is 3.79. The molecule has 18 heavy (non-hydrogen) atoms. The minimum atomic E-state index is 0.265. The Hall–Kier alpha value is -0.900. The fourth-order valence-electron chi connectivity index (χ4n) is 2.88. The van der Waals surface area contributed by atoms with Gasteiger partial charge in [-0.1, -0.05) is 0 Å². The summed E-state index contributed by atoms with van der Waals surface area (Å²) in [7, 11) is 0. The first-order chi connectivity index (χ1) is 8.49. The van der Waals surface area contributed by atoms with Crippen LogP contribution in [0.2, 0.25) is 0 Å². The van der Waals surface area contributed by atoms with Crippen molar-refractivity contribution in [2.45, 2.75) is 65.5 Å². The van der Waals surface area contributed by atoms with Crippen LogP contribution in [0.5, 0.6) is 0 Å². The van der Waals surface area contributed by atoms with E-state index in [-0.39, 0.29) is 5.91 Å². The number of rotatable bonds is 2. The van der Waals surface area contributed by atoms with E-state index >= 15 is 0 Å². The second kappa shape index (κ2) is 5.39. The van der Waals surface area contributed by atoms with Crippen molar-refractivity contribution in [2.24, 2.45) is 0 Å². The first-order valence-electron chi connectivity index (χ1n) is 6.73. The monoisotopic (exact) mass is 266 g/mol. The molecule has 100 valence electrons. The van der Waals surface area contributed by atoms with Crippen LogP contribution in [-0.4, -0.2) is 27.9 Å². The molecule has 1 fully saturated rings. The molecule has 1 saturated heterocycles. The third-order valence-corrected chi connectivity index (χ3v) is 4.87. The van der Waals surface area contributed by atoms with Crippen molar-refractivity contribution in [1.82, 2.24) is 9.88 Å². The van der Waals surface area contributed by atoms with Gasteiger partial charge >= 0.3 is 0 Å². The number of hydrogen-bond donors (Lipinski definition) is 0. The summed E-state index contributed by atoms with van der Waals surface area (Å²) < 4.78 is 0. The fourth-order valence-corrected chi connectivity index (χ4v) is 3.81. The van der Waals surface area contributed by atoms with E-state index in [1.807, 2.05) is 13.8 Å². The molecule has 0 aromatic carbocycles. The molecule has 1 aromatic rings. The summed E-state index contributed by atoms with van der Waals surface area (Å²) in [4.78, 5) is 20.1. The number of piperidine rings is 1. The van der Waals surface area contributed by atoms with Crippen LogP contribution in [-0.2, 0) is 11.2 Å². The van der Waals surface area contributed by atoms with Crippen molar-refractivity contribution >= 4 is 17.2 Å². The van der Waals surface area contributed by atoms with Crippen molar-refractivity contribution in [3.63, 3.8) is 0 Å². The molecular formula is C14H22N2OS. The summed E-state index contributed by atoms with van der Waals surface area (Å²) >= 11 is 1.65. The number of aryl methyl sites for hydroxylation is 2. The van der Waals surface area contributed by atoms with E-state index in [1.54, 1.807) is 11.3 Å². The number of carbonyl (C=O) groups excluding carboxylic acids is 1. The van der Waals surface area contributed by atoms with E-state index in [0.29, 0.717) is 18.5 Å². The minimum absolute atomic E-state index is 0.265. The Kier molecular flexibility index (Phi) is 4.05. The lowest BCUT2D eigenvalue weighted by molar-refractivity contribution is -0.136. The van der Waals surface area contributed by atoms with Gasteiger partial charge in [-0.3, -0.25) is 4.79 Å². The summed E-state index contributed by atoms with van der Waals surface area (Å²) in [6.07, 6.45) is 4.03. The Balaban J connectivity index is 2.09. The summed E-state index contributed by atoms with van der Waals surface area (Å²) in [6.45, 7) is 8.32. The highest BCUT2D eigenvalue weighted by atomic mass is 32.1. The molecule has 1 aliphatic heterocycles. The van der Waals surface area contributed by atoms with Crippen molar-refractivity contribution in [1.29, 1.82) is 0 Å². The van der Waals surface area contributed by atoms with E-state index < -0.39 is 0 Å². The molecule has 2 rings (SSSR count). The van der Waals surface area contributed by atoms with E-state index in [4.69, 9.17) is 0 Å². The molecule has 2 atom stereocenters. The molecule has 0 bridgehead atoms. The topological polar surface area (TPSA) is 33.2 Å².